The van der Waals surface area contributed by atoms with Crippen LogP contribution in [-0.2, 0) is 10.1 Å². The Morgan fingerprint density at radius 1 is 1.05 bits per heavy atom. The molecule has 5 nitrogen and oxygen atoms in total. The van der Waals surface area contributed by atoms with Gasteiger partial charge in [-0.25, -0.2) is 0 Å². The molecule has 0 unspecified atom stereocenters. The van der Waals surface area contributed by atoms with Gasteiger partial charge in [-0.15, -0.1) is 0 Å². The van der Waals surface area contributed by atoms with Gasteiger partial charge in [-0.2, -0.15) is 8.42 Å². The van der Waals surface area contributed by atoms with Crippen LogP contribution in [0.15, 0.2) is 47.4 Å². The van der Waals surface area contributed by atoms with Gasteiger partial charge < -0.3 is 5.32 Å². The molecular formula is C13H9Cl2NO4S. The molecule has 110 valence electrons. The van der Waals surface area contributed by atoms with Crippen molar-refractivity contribution in [1.82, 2.24) is 0 Å². The van der Waals surface area contributed by atoms with Crippen LogP contribution in [0.3, 0.4) is 0 Å². The number of anilines is 1. The highest BCUT2D eigenvalue weighted by Gasteiger charge is 2.12. The largest absolute Gasteiger partial charge is 0.322 e. The first-order chi connectivity index (χ1) is 9.75. The summed E-state index contributed by atoms with van der Waals surface area (Å²) in [5, 5.41) is 3.10. The second-order valence-corrected chi connectivity index (χ2v) is 6.41. The smallest absolute Gasteiger partial charge is 0.294 e. The van der Waals surface area contributed by atoms with Crippen LogP contribution >= 0.6 is 23.2 Å². The molecule has 8 heteroatoms. The summed E-state index contributed by atoms with van der Waals surface area (Å²) < 4.78 is 31.0. The summed E-state index contributed by atoms with van der Waals surface area (Å²) >= 11 is 11.6. The number of amides is 1. The van der Waals surface area contributed by atoms with Gasteiger partial charge in [-0.3, -0.25) is 9.35 Å². The highest BCUT2D eigenvalue weighted by Crippen LogP contribution is 2.21. The van der Waals surface area contributed by atoms with E-state index < -0.39 is 16.0 Å². The first-order valence-corrected chi connectivity index (χ1v) is 7.80. The molecule has 2 aromatic carbocycles. The van der Waals surface area contributed by atoms with E-state index in [0.717, 1.165) is 6.07 Å². The Morgan fingerprint density at radius 2 is 1.67 bits per heavy atom. The van der Waals surface area contributed by atoms with E-state index in [4.69, 9.17) is 27.8 Å². The SMILES string of the molecule is O=C(Nc1cccc(S(=O)(=O)O)c1)c1cc(Cl)cc(Cl)c1. The van der Waals surface area contributed by atoms with Crippen molar-refractivity contribution in [3.05, 3.63) is 58.1 Å². The summed E-state index contributed by atoms with van der Waals surface area (Å²) in [7, 11) is -4.33. The molecule has 21 heavy (non-hydrogen) atoms. The van der Waals surface area contributed by atoms with Crippen molar-refractivity contribution in [1.29, 1.82) is 0 Å². The monoisotopic (exact) mass is 345 g/mol. The third kappa shape index (κ3) is 4.18. The van der Waals surface area contributed by atoms with Crippen LogP contribution in [0.4, 0.5) is 5.69 Å². The van der Waals surface area contributed by atoms with Gasteiger partial charge in [-0.1, -0.05) is 29.3 Å². The molecule has 0 atom stereocenters. The van der Waals surface area contributed by atoms with Crippen molar-refractivity contribution in [3.8, 4) is 0 Å². The molecule has 0 bridgehead atoms. The number of carbonyl (C=O) groups excluding carboxylic acids is 1. The summed E-state index contributed by atoms with van der Waals surface area (Å²) in [6.07, 6.45) is 0. The van der Waals surface area contributed by atoms with Crippen molar-refractivity contribution in [2.75, 3.05) is 5.32 Å². The van der Waals surface area contributed by atoms with Crippen molar-refractivity contribution in [2.24, 2.45) is 0 Å². The molecule has 0 aliphatic rings. The summed E-state index contributed by atoms with van der Waals surface area (Å²) in [6.45, 7) is 0. The zero-order valence-electron chi connectivity index (χ0n) is 10.4. The molecule has 0 heterocycles. The van der Waals surface area contributed by atoms with E-state index in [1.165, 1.54) is 36.4 Å². The van der Waals surface area contributed by atoms with Crippen molar-refractivity contribution >= 4 is 44.9 Å². The first-order valence-electron chi connectivity index (χ1n) is 5.61. The molecule has 0 aromatic heterocycles. The van der Waals surface area contributed by atoms with E-state index in [1.807, 2.05) is 0 Å². The molecule has 0 fully saturated rings. The maximum Gasteiger partial charge on any atom is 0.294 e. The van der Waals surface area contributed by atoms with Gasteiger partial charge in [-0.05, 0) is 36.4 Å². The number of carbonyl (C=O) groups is 1. The lowest BCUT2D eigenvalue weighted by Crippen LogP contribution is -2.12. The van der Waals surface area contributed by atoms with E-state index in [9.17, 15) is 13.2 Å². The van der Waals surface area contributed by atoms with Crippen LogP contribution in [-0.4, -0.2) is 18.9 Å². The fraction of sp³-hybridized carbons (Fsp3) is 0. The Labute approximate surface area is 131 Å². The number of benzene rings is 2. The fourth-order valence-electron chi connectivity index (χ4n) is 1.62. The van der Waals surface area contributed by atoms with E-state index >= 15 is 0 Å². The molecule has 0 radical (unpaired) electrons. The minimum Gasteiger partial charge on any atom is -0.322 e. The van der Waals surface area contributed by atoms with Gasteiger partial charge >= 0.3 is 0 Å². The van der Waals surface area contributed by atoms with Crippen molar-refractivity contribution in [3.63, 3.8) is 0 Å². The van der Waals surface area contributed by atoms with Crippen molar-refractivity contribution in [2.45, 2.75) is 4.90 Å². The number of hydrogen-bond donors (Lipinski definition) is 2. The lowest BCUT2D eigenvalue weighted by atomic mass is 10.2. The Hall–Kier alpha value is -1.60. The fourth-order valence-corrected chi connectivity index (χ4v) is 2.67. The summed E-state index contributed by atoms with van der Waals surface area (Å²) in [5.41, 5.74) is 0.441. The van der Waals surface area contributed by atoms with Crippen molar-refractivity contribution < 1.29 is 17.8 Å². The average molecular weight is 346 g/mol. The predicted octanol–water partition coefficient (Wildman–Crippen LogP) is 3.49. The second kappa shape index (κ2) is 6.03. The summed E-state index contributed by atoms with van der Waals surface area (Å²) in [5.74, 6) is -0.508. The quantitative estimate of drug-likeness (QED) is 0.834. The number of hydrogen-bond acceptors (Lipinski definition) is 3. The molecule has 0 spiro atoms. The van der Waals surface area contributed by atoms with Crippen LogP contribution in [0, 0.1) is 0 Å². The van der Waals surface area contributed by atoms with Crippen LogP contribution in [0.2, 0.25) is 10.0 Å². The molecule has 2 N–H and O–H groups in total. The van der Waals surface area contributed by atoms with E-state index in [0.29, 0.717) is 10.0 Å². The summed E-state index contributed by atoms with van der Waals surface area (Å²) in [6, 6.07) is 9.56. The molecule has 0 aliphatic heterocycles. The average Bonchev–Trinajstić information content (AvgIpc) is 2.37. The van der Waals surface area contributed by atoms with Gasteiger partial charge in [0.05, 0.1) is 4.90 Å². The molecule has 0 saturated carbocycles. The van der Waals surface area contributed by atoms with Crippen LogP contribution in [0.1, 0.15) is 10.4 Å². The predicted molar refractivity (Wildman–Crippen MR) is 80.7 cm³/mol. The molecular weight excluding hydrogens is 337 g/mol. The van der Waals surface area contributed by atoms with E-state index in [2.05, 4.69) is 5.32 Å². The van der Waals surface area contributed by atoms with Crippen LogP contribution in [0.5, 0.6) is 0 Å². The minimum absolute atomic E-state index is 0.214. The Kier molecular flexibility index (Phi) is 4.53. The van der Waals surface area contributed by atoms with Gasteiger partial charge in [0.2, 0.25) is 0 Å². The molecule has 0 aliphatic carbocycles. The summed E-state index contributed by atoms with van der Waals surface area (Å²) in [4.78, 5) is 11.7. The van der Waals surface area contributed by atoms with Gasteiger partial charge in [0, 0.05) is 21.3 Å². The molecule has 1 amide bonds. The minimum atomic E-state index is -4.33. The highest BCUT2D eigenvalue weighted by atomic mass is 35.5. The van der Waals surface area contributed by atoms with Crippen LogP contribution in [0.25, 0.3) is 0 Å². The Morgan fingerprint density at radius 3 is 2.24 bits per heavy atom. The van der Waals surface area contributed by atoms with Gasteiger partial charge in [0.25, 0.3) is 16.0 Å². The molecule has 0 saturated heterocycles. The van der Waals surface area contributed by atoms with Gasteiger partial charge in [0.15, 0.2) is 0 Å². The van der Waals surface area contributed by atoms with Gasteiger partial charge in [0.1, 0.15) is 0 Å². The first kappa shape index (κ1) is 15.8. The second-order valence-electron chi connectivity index (χ2n) is 4.12. The maximum absolute atomic E-state index is 12.0. The van der Waals surface area contributed by atoms with Crippen LogP contribution < -0.4 is 5.32 Å². The normalized spacial score (nSPS) is 11.2. The Bertz CT molecular complexity index is 785. The zero-order chi connectivity index (χ0) is 15.6. The highest BCUT2D eigenvalue weighted by molar-refractivity contribution is 7.85. The number of nitrogens with one attached hydrogen (secondary N) is 1. The standard InChI is InChI=1S/C13H9Cl2NO4S/c14-9-4-8(5-10(15)6-9)13(17)16-11-2-1-3-12(7-11)21(18,19)20/h1-7H,(H,16,17)(H,18,19,20). The third-order valence-corrected chi connectivity index (χ3v) is 3.80. The lowest BCUT2D eigenvalue weighted by molar-refractivity contribution is 0.102. The third-order valence-electron chi connectivity index (χ3n) is 2.51. The van der Waals surface area contributed by atoms with E-state index in [-0.39, 0.29) is 16.1 Å². The topological polar surface area (TPSA) is 83.5 Å². The Balaban J connectivity index is 2.28. The maximum atomic E-state index is 12.0. The van der Waals surface area contributed by atoms with E-state index in [1.54, 1.807) is 0 Å². The number of halogens is 2. The zero-order valence-corrected chi connectivity index (χ0v) is 12.7. The molecule has 2 rings (SSSR count). The molecule has 2 aromatic rings. The number of rotatable bonds is 3. The lowest BCUT2D eigenvalue weighted by Gasteiger charge is -2.07.